The minimum Gasteiger partial charge on any atom is -0.485 e. The average molecular weight is 296 g/mol. The standard InChI is InChI=1S/C13H14BrNO2/c1-9-6-11(14)2-3-12(9)17-8-13-10(7-15)4-5-16-13/h2-6H,7-8,15H2,1H3. The van der Waals surface area contributed by atoms with Gasteiger partial charge in [-0.25, -0.2) is 0 Å². The second-order valence-electron chi connectivity index (χ2n) is 3.77. The van der Waals surface area contributed by atoms with E-state index in [1.54, 1.807) is 6.26 Å². The van der Waals surface area contributed by atoms with Gasteiger partial charge in [-0.15, -0.1) is 0 Å². The van der Waals surface area contributed by atoms with Gasteiger partial charge in [-0.2, -0.15) is 0 Å². The fraction of sp³-hybridized carbons (Fsp3) is 0.231. The van der Waals surface area contributed by atoms with Crippen LogP contribution in [0.2, 0.25) is 0 Å². The van der Waals surface area contributed by atoms with Crippen LogP contribution >= 0.6 is 15.9 Å². The summed E-state index contributed by atoms with van der Waals surface area (Å²) in [4.78, 5) is 0. The van der Waals surface area contributed by atoms with Crippen molar-refractivity contribution in [1.29, 1.82) is 0 Å². The molecule has 1 aromatic carbocycles. The molecule has 0 aliphatic rings. The fourth-order valence-electron chi connectivity index (χ4n) is 1.59. The Morgan fingerprint density at radius 3 is 2.88 bits per heavy atom. The van der Waals surface area contributed by atoms with E-state index in [2.05, 4.69) is 15.9 Å². The Hall–Kier alpha value is -1.26. The molecule has 0 atom stereocenters. The quantitative estimate of drug-likeness (QED) is 0.940. The Morgan fingerprint density at radius 1 is 1.35 bits per heavy atom. The molecule has 0 aliphatic carbocycles. The maximum atomic E-state index is 5.71. The van der Waals surface area contributed by atoms with Crippen molar-refractivity contribution in [2.24, 2.45) is 5.73 Å². The normalized spacial score (nSPS) is 10.5. The minimum absolute atomic E-state index is 0.405. The van der Waals surface area contributed by atoms with Gasteiger partial charge in [-0.1, -0.05) is 15.9 Å². The van der Waals surface area contributed by atoms with Crippen LogP contribution in [0.3, 0.4) is 0 Å². The molecule has 0 saturated carbocycles. The highest BCUT2D eigenvalue weighted by Crippen LogP contribution is 2.23. The van der Waals surface area contributed by atoms with E-state index >= 15 is 0 Å². The van der Waals surface area contributed by atoms with Crippen LogP contribution in [0.1, 0.15) is 16.9 Å². The highest BCUT2D eigenvalue weighted by atomic mass is 79.9. The molecular formula is C13H14BrNO2. The van der Waals surface area contributed by atoms with E-state index in [0.29, 0.717) is 13.2 Å². The molecule has 0 radical (unpaired) electrons. The molecule has 2 aromatic rings. The summed E-state index contributed by atoms with van der Waals surface area (Å²) in [5, 5.41) is 0. The number of rotatable bonds is 4. The van der Waals surface area contributed by atoms with Gasteiger partial charge >= 0.3 is 0 Å². The molecule has 0 saturated heterocycles. The monoisotopic (exact) mass is 295 g/mol. The molecule has 1 aromatic heterocycles. The number of hydrogen-bond donors (Lipinski definition) is 1. The molecule has 3 nitrogen and oxygen atoms in total. The average Bonchev–Trinajstić information content (AvgIpc) is 2.75. The Bertz CT molecular complexity index is 508. The summed E-state index contributed by atoms with van der Waals surface area (Å²) in [7, 11) is 0. The zero-order valence-corrected chi connectivity index (χ0v) is 11.2. The predicted octanol–water partition coefficient (Wildman–Crippen LogP) is 3.39. The van der Waals surface area contributed by atoms with E-state index in [-0.39, 0.29) is 0 Å². The lowest BCUT2D eigenvalue weighted by molar-refractivity contribution is 0.267. The van der Waals surface area contributed by atoms with Crippen molar-refractivity contribution in [2.45, 2.75) is 20.1 Å². The summed E-state index contributed by atoms with van der Waals surface area (Å²) >= 11 is 3.42. The summed E-state index contributed by atoms with van der Waals surface area (Å²) in [5.41, 5.74) is 7.66. The molecular weight excluding hydrogens is 282 g/mol. The zero-order chi connectivity index (χ0) is 12.3. The summed E-state index contributed by atoms with van der Waals surface area (Å²) in [5.74, 6) is 1.64. The van der Waals surface area contributed by atoms with Crippen LogP contribution in [0.4, 0.5) is 0 Å². The molecule has 4 heteroatoms. The lowest BCUT2D eigenvalue weighted by Gasteiger charge is -2.08. The van der Waals surface area contributed by atoms with E-state index in [9.17, 15) is 0 Å². The van der Waals surface area contributed by atoms with Crippen molar-refractivity contribution in [3.05, 3.63) is 51.9 Å². The van der Waals surface area contributed by atoms with Crippen molar-refractivity contribution >= 4 is 15.9 Å². The third kappa shape index (κ3) is 2.90. The molecule has 0 bridgehead atoms. The molecule has 2 N–H and O–H groups in total. The summed E-state index contributed by atoms with van der Waals surface area (Å²) in [6, 6.07) is 7.77. The van der Waals surface area contributed by atoms with Crippen molar-refractivity contribution in [3.63, 3.8) is 0 Å². The molecule has 0 fully saturated rings. The van der Waals surface area contributed by atoms with Crippen LogP contribution in [-0.2, 0) is 13.2 Å². The number of halogens is 1. The number of aryl methyl sites for hydroxylation is 1. The van der Waals surface area contributed by atoms with Crippen molar-refractivity contribution in [2.75, 3.05) is 0 Å². The topological polar surface area (TPSA) is 48.4 Å². The number of hydrogen-bond acceptors (Lipinski definition) is 3. The van der Waals surface area contributed by atoms with Gasteiger partial charge < -0.3 is 14.9 Å². The lowest BCUT2D eigenvalue weighted by atomic mass is 10.2. The minimum atomic E-state index is 0.405. The Kier molecular flexibility index (Phi) is 3.86. The van der Waals surface area contributed by atoms with Crippen LogP contribution in [-0.4, -0.2) is 0 Å². The highest BCUT2D eigenvalue weighted by molar-refractivity contribution is 9.10. The largest absolute Gasteiger partial charge is 0.485 e. The van der Waals surface area contributed by atoms with Crippen molar-refractivity contribution in [1.82, 2.24) is 0 Å². The SMILES string of the molecule is Cc1cc(Br)ccc1OCc1occc1CN. The van der Waals surface area contributed by atoms with Gasteiger partial charge in [0.1, 0.15) is 18.1 Å². The first-order valence-electron chi connectivity index (χ1n) is 5.35. The Labute approximate surface area is 109 Å². The first-order chi connectivity index (χ1) is 8.20. The number of furan rings is 1. The highest BCUT2D eigenvalue weighted by Gasteiger charge is 2.06. The fourth-order valence-corrected chi connectivity index (χ4v) is 2.07. The number of benzene rings is 1. The van der Waals surface area contributed by atoms with E-state index in [4.69, 9.17) is 14.9 Å². The third-order valence-corrected chi connectivity index (χ3v) is 3.05. The van der Waals surface area contributed by atoms with Gasteiger partial charge in [-0.3, -0.25) is 0 Å². The van der Waals surface area contributed by atoms with E-state index < -0.39 is 0 Å². The molecule has 0 unspecified atom stereocenters. The molecule has 1 heterocycles. The Morgan fingerprint density at radius 2 is 2.18 bits per heavy atom. The van der Waals surface area contributed by atoms with Crippen LogP contribution in [0, 0.1) is 6.92 Å². The van der Waals surface area contributed by atoms with E-state index in [0.717, 1.165) is 27.1 Å². The van der Waals surface area contributed by atoms with Crippen LogP contribution in [0.25, 0.3) is 0 Å². The smallest absolute Gasteiger partial charge is 0.146 e. The van der Waals surface area contributed by atoms with Gasteiger partial charge in [-0.05, 0) is 36.8 Å². The zero-order valence-electron chi connectivity index (χ0n) is 9.57. The van der Waals surface area contributed by atoms with Crippen molar-refractivity contribution < 1.29 is 9.15 Å². The lowest BCUT2D eigenvalue weighted by Crippen LogP contribution is -2.02. The second-order valence-corrected chi connectivity index (χ2v) is 4.69. The maximum absolute atomic E-state index is 5.71. The van der Waals surface area contributed by atoms with Gasteiger partial charge in [0.05, 0.1) is 6.26 Å². The van der Waals surface area contributed by atoms with E-state index in [1.807, 2.05) is 31.2 Å². The van der Waals surface area contributed by atoms with Gasteiger partial charge in [0.25, 0.3) is 0 Å². The molecule has 0 amide bonds. The molecule has 90 valence electrons. The molecule has 2 rings (SSSR count). The van der Waals surface area contributed by atoms with Gasteiger partial charge in [0.15, 0.2) is 0 Å². The molecule has 0 spiro atoms. The summed E-state index contributed by atoms with van der Waals surface area (Å²) < 4.78 is 12.1. The van der Waals surface area contributed by atoms with Crippen LogP contribution < -0.4 is 10.5 Å². The third-order valence-electron chi connectivity index (χ3n) is 2.55. The first kappa shape index (κ1) is 12.2. The summed E-state index contributed by atoms with van der Waals surface area (Å²) in [6.45, 7) is 2.88. The number of nitrogens with two attached hydrogens (primary N) is 1. The van der Waals surface area contributed by atoms with Crippen LogP contribution in [0.5, 0.6) is 5.75 Å². The Balaban J connectivity index is 2.07. The summed E-state index contributed by atoms with van der Waals surface area (Å²) in [6.07, 6.45) is 1.63. The maximum Gasteiger partial charge on any atom is 0.146 e. The molecule has 17 heavy (non-hydrogen) atoms. The predicted molar refractivity (Wildman–Crippen MR) is 69.8 cm³/mol. The first-order valence-corrected chi connectivity index (χ1v) is 6.14. The van der Waals surface area contributed by atoms with Crippen LogP contribution in [0.15, 0.2) is 39.4 Å². The van der Waals surface area contributed by atoms with Gasteiger partial charge in [0.2, 0.25) is 0 Å². The van der Waals surface area contributed by atoms with Gasteiger partial charge in [0, 0.05) is 16.6 Å². The number of ether oxygens (including phenoxy) is 1. The van der Waals surface area contributed by atoms with Crippen molar-refractivity contribution in [3.8, 4) is 5.75 Å². The molecule has 0 aliphatic heterocycles. The van der Waals surface area contributed by atoms with E-state index in [1.165, 1.54) is 0 Å². The second kappa shape index (κ2) is 5.38.